The molecule has 0 bridgehead atoms. The predicted octanol–water partition coefficient (Wildman–Crippen LogP) is 4.87. The summed E-state index contributed by atoms with van der Waals surface area (Å²) in [5.41, 5.74) is 11.2. The minimum Gasteiger partial charge on any atom is -0.475 e. The molecule has 3 fully saturated rings. The molecule has 0 aliphatic carbocycles. The fourth-order valence-corrected chi connectivity index (χ4v) is 10.6. The molecule has 9 heterocycles. The minimum absolute atomic E-state index is 0.116. The van der Waals surface area contributed by atoms with E-state index in [0.29, 0.717) is 104 Å². The molecule has 86 heavy (non-hydrogen) atoms. The number of aliphatic hydroxyl groups is 1. The second kappa shape index (κ2) is 29.7. The number of hydrogen-bond donors (Lipinski definition) is 1. The molecule has 6 aliphatic rings. The molecule has 3 saturated heterocycles. The zero-order valence-electron chi connectivity index (χ0n) is 49.4. The van der Waals surface area contributed by atoms with Crippen LogP contribution in [0.3, 0.4) is 0 Å². The third-order valence-electron chi connectivity index (χ3n) is 15.3. The third-order valence-corrected chi connectivity index (χ3v) is 15.3. The molecule has 6 aromatic rings. The molecule has 3 aromatic carbocycles. The molecule has 6 aliphatic heterocycles. The highest BCUT2D eigenvalue weighted by atomic mass is 16.6. The summed E-state index contributed by atoms with van der Waals surface area (Å²) in [5.74, 6) is 12.9. The normalized spacial score (nSPS) is 19.0. The van der Waals surface area contributed by atoms with Crippen molar-refractivity contribution >= 4 is 0 Å². The van der Waals surface area contributed by atoms with E-state index in [1.165, 1.54) is 11.1 Å². The van der Waals surface area contributed by atoms with Crippen molar-refractivity contribution in [2.75, 3.05) is 93.5 Å². The Kier molecular flexibility index (Phi) is 21.3. The molecule has 21 nitrogen and oxygen atoms in total. The Bertz CT molecular complexity index is 3630. The summed E-state index contributed by atoms with van der Waals surface area (Å²) in [7, 11) is 3.38. The van der Waals surface area contributed by atoms with Crippen molar-refractivity contribution in [2.45, 2.75) is 109 Å². The Morgan fingerprint density at radius 1 is 0.535 bits per heavy atom. The first-order chi connectivity index (χ1) is 41.9. The third kappa shape index (κ3) is 16.1. The largest absolute Gasteiger partial charge is 0.475 e. The first-order valence-electron chi connectivity index (χ1n) is 29.4. The van der Waals surface area contributed by atoms with Crippen LogP contribution in [0, 0.1) is 23.7 Å². The van der Waals surface area contributed by atoms with Crippen LogP contribution in [0.4, 0.5) is 0 Å². The van der Waals surface area contributed by atoms with Crippen molar-refractivity contribution in [3.8, 4) is 75.1 Å². The van der Waals surface area contributed by atoms with Gasteiger partial charge in [-0.2, -0.15) is 15.0 Å². The van der Waals surface area contributed by atoms with Crippen molar-refractivity contribution in [1.82, 2.24) is 28.7 Å². The molecule has 0 saturated carbocycles. The Labute approximate surface area is 499 Å². The van der Waals surface area contributed by atoms with Gasteiger partial charge in [0.25, 0.3) is 0 Å². The van der Waals surface area contributed by atoms with E-state index >= 15 is 0 Å². The van der Waals surface area contributed by atoms with Gasteiger partial charge in [0.1, 0.15) is 50.3 Å². The van der Waals surface area contributed by atoms with Gasteiger partial charge in [0, 0.05) is 79.9 Å². The van der Waals surface area contributed by atoms with E-state index in [2.05, 4.69) is 69.8 Å². The van der Waals surface area contributed by atoms with E-state index in [1.807, 2.05) is 49.4 Å². The highest BCUT2D eigenvalue weighted by Gasteiger charge is 2.25. The molecule has 0 spiro atoms. The van der Waals surface area contributed by atoms with Crippen LogP contribution in [0.25, 0.3) is 33.8 Å². The van der Waals surface area contributed by atoms with Gasteiger partial charge in [-0.05, 0) is 99.4 Å². The molecular weight excluding hydrogens is 1100 g/mol. The predicted molar refractivity (Wildman–Crippen MR) is 318 cm³/mol. The first kappa shape index (κ1) is 61.5. The summed E-state index contributed by atoms with van der Waals surface area (Å²) in [6.07, 6.45) is 3.30. The van der Waals surface area contributed by atoms with Gasteiger partial charge in [-0.15, -0.1) is 0 Å². The Hall–Kier alpha value is -7.54. The average molecular weight is 1180 g/mol. The van der Waals surface area contributed by atoms with Crippen LogP contribution in [0.5, 0.6) is 17.6 Å². The lowest BCUT2D eigenvalue weighted by molar-refractivity contribution is -0.102. The minimum atomic E-state index is -0.667. The van der Waals surface area contributed by atoms with Crippen LogP contribution in [0.2, 0.25) is 0 Å². The fraction of sp³-hybridized carbons (Fsp3) is 0.477. The van der Waals surface area contributed by atoms with E-state index in [1.54, 1.807) is 40.9 Å². The summed E-state index contributed by atoms with van der Waals surface area (Å²) >= 11 is 0. The lowest BCUT2D eigenvalue weighted by atomic mass is 9.94. The highest BCUT2D eigenvalue weighted by molar-refractivity contribution is 5.70. The smallest absolute Gasteiger partial charge is 0.351 e. The molecule has 1 N–H and O–H groups in total. The van der Waals surface area contributed by atoms with Crippen molar-refractivity contribution in [3.05, 3.63) is 138 Å². The van der Waals surface area contributed by atoms with E-state index < -0.39 is 6.10 Å². The summed E-state index contributed by atoms with van der Waals surface area (Å²) in [4.78, 5) is 49.7. The number of aryl methyl sites for hydroxylation is 4. The van der Waals surface area contributed by atoms with Gasteiger partial charge in [-0.3, -0.25) is 13.7 Å². The Morgan fingerprint density at radius 3 is 1.33 bits per heavy atom. The number of nitrogens with zero attached hydrogens (tertiary/aromatic N) is 6. The molecule has 0 amide bonds. The molecule has 0 radical (unpaired) electrons. The maximum absolute atomic E-state index is 12.5. The van der Waals surface area contributed by atoms with Gasteiger partial charge in [-0.25, -0.2) is 14.4 Å². The zero-order chi connectivity index (χ0) is 59.9. The molecule has 21 heteroatoms. The van der Waals surface area contributed by atoms with Gasteiger partial charge in [0.15, 0.2) is 0 Å². The van der Waals surface area contributed by atoms with Gasteiger partial charge >= 0.3 is 17.1 Å². The summed E-state index contributed by atoms with van der Waals surface area (Å²) in [5, 5.41) is 9.34. The second-order valence-electron chi connectivity index (χ2n) is 21.5. The van der Waals surface area contributed by atoms with Crippen LogP contribution in [-0.4, -0.2) is 164 Å². The number of rotatable bonds is 14. The van der Waals surface area contributed by atoms with Crippen LogP contribution in [-0.2, 0) is 83.2 Å². The maximum atomic E-state index is 12.5. The highest BCUT2D eigenvalue weighted by Crippen LogP contribution is 2.34. The number of aromatic nitrogens is 6. The zero-order valence-corrected chi connectivity index (χ0v) is 49.4. The first-order valence-corrected chi connectivity index (χ1v) is 29.4. The molecular formula is C65H74N6O15. The van der Waals surface area contributed by atoms with Crippen LogP contribution < -0.4 is 31.3 Å². The number of fused-ring (bicyclic) bond motifs is 9. The standard InChI is InChI=1S/C22H28N2O5.C22H24N2O5.C21H22N2O5/c2*1-15(26-2)3-4-16-5-6-19-17(11-16)7-8-24-20(19)12-21(23-22(24)25)29-14-18-13-27-9-10-28-18;1-14(24)2-3-15-4-5-18-16(10-15)6-7-23-19(18)11-20(22-21(23)25)28-13-17-12-26-8-9-27-17/h5-6,11-12,15,18H,3-4,7-10,13-14H2,1-2H3;5-6,11-12,15,18H,7-10,13-14H2,1-2H3;4-5,10-11,14,17,24H,6-9,12-13H2,1H3/t2*15?,18-;14?,17-/m000/s1. The maximum Gasteiger partial charge on any atom is 0.351 e. The summed E-state index contributed by atoms with van der Waals surface area (Å²) < 4.78 is 65.7. The summed E-state index contributed by atoms with van der Waals surface area (Å²) in [6, 6.07) is 23.9. The van der Waals surface area contributed by atoms with Gasteiger partial charge < -0.3 is 57.2 Å². The van der Waals surface area contributed by atoms with Crippen molar-refractivity contribution < 1.29 is 57.2 Å². The van der Waals surface area contributed by atoms with E-state index in [0.717, 1.165) is 88.1 Å². The SMILES string of the molecule is CC(O)C#Cc1ccc2c(c1)CCn1c-2cc(OC[C@@H]2COCCO2)nc1=O.COC(C)C#Cc1ccc2c(c1)CCn1c-2cc(OC[C@@H]2COCCO2)nc1=O.COC(C)CCc1ccc2c(c1)CCn1c-2cc(OC[C@@H]2COCCO2)nc1=O. The van der Waals surface area contributed by atoms with Crippen molar-refractivity contribution in [1.29, 1.82) is 0 Å². The fourth-order valence-electron chi connectivity index (χ4n) is 10.6. The molecule has 12 rings (SSSR count). The van der Waals surface area contributed by atoms with Crippen LogP contribution in [0.15, 0.2) is 87.2 Å². The van der Waals surface area contributed by atoms with E-state index in [4.69, 9.17) is 52.1 Å². The number of aliphatic hydroxyl groups excluding tert-OH is 1. The van der Waals surface area contributed by atoms with Crippen LogP contribution in [0.1, 0.15) is 60.6 Å². The quantitative estimate of drug-likeness (QED) is 0.144. The molecule has 6 atom stereocenters. The monoisotopic (exact) mass is 1180 g/mol. The second-order valence-corrected chi connectivity index (χ2v) is 21.5. The molecule has 3 aromatic heterocycles. The Morgan fingerprint density at radius 2 is 0.942 bits per heavy atom. The summed E-state index contributed by atoms with van der Waals surface area (Å²) in [6.45, 7) is 13.2. The van der Waals surface area contributed by atoms with E-state index in [-0.39, 0.29) is 60.1 Å². The Balaban J connectivity index is 0.000000143. The van der Waals surface area contributed by atoms with Crippen molar-refractivity contribution in [3.63, 3.8) is 0 Å². The average Bonchev–Trinajstić information content (AvgIpc) is 1.50. The topological polar surface area (TPSA) is 226 Å². The molecule has 3 unspecified atom stereocenters. The van der Waals surface area contributed by atoms with Crippen LogP contribution >= 0.6 is 0 Å². The van der Waals surface area contributed by atoms with E-state index in [9.17, 15) is 19.5 Å². The van der Waals surface area contributed by atoms with Crippen molar-refractivity contribution in [2.24, 2.45) is 0 Å². The number of benzene rings is 3. The number of methoxy groups -OCH3 is 2. The van der Waals surface area contributed by atoms with Gasteiger partial charge in [-0.1, -0.05) is 54.0 Å². The lowest BCUT2D eigenvalue weighted by Crippen LogP contribution is -2.34. The van der Waals surface area contributed by atoms with Gasteiger partial charge in [0.05, 0.1) is 82.6 Å². The molecule has 454 valence electrons. The lowest BCUT2D eigenvalue weighted by Gasteiger charge is -2.24. The van der Waals surface area contributed by atoms with Gasteiger partial charge in [0.2, 0.25) is 17.6 Å². The number of ether oxygens (including phenoxy) is 11. The number of hydrogen-bond acceptors (Lipinski definition) is 18.